The molecule has 1 fully saturated rings. The molecule has 2 aromatic rings. The molecule has 1 N–H and O–H groups in total. The van der Waals surface area contributed by atoms with Gasteiger partial charge < -0.3 is 0 Å². The van der Waals surface area contributed by atoms with Crippen molar-refractivity contribution in [3.05, 3.63) is 54.4 Å². The van der Waals surface area contributed by atoms with E-state index in [9.17, 15) is 9.59 Å². The van der Waals surface area contributed by atoms with Gasteiger partial charge in [-0.15, -0.1) is 0 Å². The number of pyridine rings is 1. The number of ether oxygens (including phenoxy) is 1. The normalized spacial score (nSPS) is 15.2. The molecule has 2 heterocycles. The Morgan fingerprint density at radius 1 is 1.23 bits per heavy atom. The number of hydrogen-bond donors (Lipinski definition) is 1. The van der Waals surface area contributed by atoms with E-state index < -0.39 is 14.7 Å². The third-order valence-corrected chi connectivity index (χ3v) is 10.6. The van der Waals surface area contributed by atoms with Crippen molar-refractivity contribution in [3.63, 3.8) is 0 Å². The summed E-state index contributed by atoms with van der Waals surface area (Å²) in [6, 6.07) is 15.2. The number of aromatic nitrogens is 1. The van der Waals surface area contributed by atoms with Crippen LogP contribution in [0.3, 0.4) is 0 Å². The van der Waals surface area contributed by atoms with Crippen LogP contribution < -0.4 is 9.67 Å². The van der Waals surface area contributed by atoms with Crippen molar-refractivity contribution in [1.82, 2.24) is 9.88 Å². The van der Waals surface area contributed by atoms with Crippen LogP contribution in [0.15, 0.2) is 48.7 Å². The second-order valence-corrected chi connectivity index (χ2v) is 12.9. The third kappa shape index (κ3) is 6.32. The van der Waals surface area contributed by atoms with E-state index in [2.05, 4.69) is 10.3 Å². The Morgan fingerprint density at radius 2 is 1.94 bits per heavy atom. The maximum atomic E-state index is 13.3. The Kier molecular flexibility index (Phi) is 8.08. The van der Waals surface area contributed by atoms with Crippen LogP contribution in [0.4, 0.5) is 15.3 Å². The molecule has 3 rings (SSSR count). The fourth-order valence-electron chi connectivity index (χ4n) is 3.44. The SMILES string of the molecule is CC(C)COC(=O)N1CCC([As](C(=O)Nc2ccc(C#N)nc2)c2ccccc2)CC1. The first kappa shape index (κ1) is 22.8. The molecule has 0 aliphatic carbocycles. The minimum absolute atomic E-state index is 0.0334. The molecule has 1 aromatic heterocycles. The summed E-state index contributed by atoms with van der Waals surface area (Å²) in [5, 5.41) is 11.9. The molecule has 1 aliphatic rings. The van der Waals surface area contributed by atoms with E-state index in [0.29, 0.717) is 37.0 Å². The number of amides is 2. The number of hydrogen-bond acceptors (Lipinski definition) is 5. The number of rotatable bonds is 6. The van der Waals surface area contributed by atoms with Crippen LogP contribution in [0.2, 0.25) is 4.71 Å². The van der Waals surface area contributed by atoms with Gasteiger partial charge in [-0.05, 0) is 0 Å². The molecule has 162 valence electrons. The van der Waals surface area contributed by atoms with Crippen molar-refractivity contribution in [2.75, 3.05) is 25.0 Å². The maximum absolute atomic E-state index is 13.3. The zero-order chi connectivity index (χ0) is 22.2. The Balaban J connectivity index is 1.69. The average molecular weight is 482 g/mol. The monoisotopic (exact) mass is 482 g/mol. The minimum atomic E-state index is -2.16. The van der Waals surface area contributed by atoms with E-state index in [4.69, 9.17) is 10.00 Å². The summed E-state index contributed by atoms with van der Waals surface area (Å²) in [5.41, 5.74) is 0.904. The molecule has 31 heavy (non-hydrogen) atoms. The molecule has 1 atom stereocenters. The van der Waals surface area contributed by atoms with E-state index in [-0.39, 0.29) is 15.5 Å². The summed E-state index contributed by atoms with van der Waals surface area (Å²) >= 11 is -2.16. The van der Waals surface area contributed by atoms with E-state index in [1.54, 1.807) is 17.0 Å². The number of carbonyl (C=O) groups is 2. The average Bonchev–Trinajstić information content (AvgIpc) is 2.79. The molecular weight excluding hydrogens is 455 g/mol. The molecule has 0 bridgehead atoms. The first-order valence-corrected chi connectivity index (χ1v) is 13.4. The van der Waals surface area contributed by atoms with Crippen molar-refractivity contribution >= 4 is 35.5 Å². The van der Waals surface area contributed by atoms with Crippen molar-refractivity contribution in [3.8, 4) is 6.07 Å². The van der Waals surface area contributed by atoms with Crippen molar-refractivity contribution in [2.24, 2.45) is 5.92 Å². The number of anilines is 1. The topological polar surface area (TPSA) is 95.3 Å². The molecule has 8 heteroatoms. The summed E-state index contributed by atoms with van der Waals surface area (Å²) in [4.78, 5) is 31.4. The molecule has 1 unspecified atom stereocenters. The second-order valence-electron chi connectivity index (χ2n) is 7.87. The van der Waals surface area contributed by atoms with E-state index in [1.807, 2.05) is 50.2 Å². The molecule has 2 amide bonds. The first-order valence-electron chi connectivity index (χ1n) is 10.4. The predicted molar refractivity (Wildman–Crippen MR) is 121 cm³/mol. The van der Waals surface area contributed by atoms with Gasteiger partial charge in [0.2, 0.25) is 0 Å². The van der Waals surface area contributed by atoms with Gasteiger partial charge in [-0.25, -0.2) is 0 Å². The number of nitriles is 1. The molecule has 1 saturated heterocycles. The van der Waals surface area contributed by atoms with Gasteiger partial charge in [0.05, 0.1) is 0 Å². The fraction of sp³-hybridized carbons (Fsp3) is 0.391. The van der Waals surface area contributed by atoms with Crippen LogP contribution in [-0.4, -0.2) is 55.0 Å². The Labute approximate surface area is 187 Å². The van der Waals surface area contributed by atoms with Crippen molar-refractivity contribution in [1.29, 1.82) is 5.26 Å². The van der Waals surface area contributed by atoms with Crippen molar-refractivity contribution < 1.29 is 14.3 Å². The van der Waals surface area contributed by atoms with Gasteiger partial charge in [-0.1, -0.05) is 0 Å². The summed E-state index contributed by atoms with van der Waals surface area (Å²) in [6.45, 7) is 5.65. The quantitative estimate of drug-likeness (QED) is 0.634. The number of piperidine rings is 1. The molecule has 0 spiro atoms. The summed E-state index contributed by atoms with van der Waals surface area (Å²) in [5.74, 6) is 0.303. The first-order chi connectivity index (χ1) is 15.0. The Morgan fingerprint density at radius 3 is 2.52 bits per heavy atom. The van der Waals surface area contributed by atoms with Crippen LogP contribution in [0.25, 0.3) is 0 Å². The number of nitrogens with one attached hydrogen (secondary N) is 1. The Bertz CT molecular complexity index is 920. The zero-order valence-electron chi connectivity index (χ0n) is 17.8. The Hall–Kier alpha value is -2.84. The fourth-order valence-corrected chi connectivity index (χ4v) is 8.64. The third-order valence-electron chi connectivity index (χ3n) is 5.01. The number of nitrogens with zero attached hydrogens (tertiary/aromatic N) is 3. The summed E-state index contributed by atoms with van der Waals surface area (Å²) < 4.78 is 6.73. The molecule has 0 radical (unpaired) electrons. The van der Waals surface area contributed by atoms with Crippen LogP contribution >= 0.6 is 0 Å². The van der Waals surface area contributed by atoms with E-state index in [1.165, 1.54) is 6.20 Å². The van der Waals surface area contributed by atoms with Gasteiger partial charge in [0.25, 0.3) is 0 Å². The summed E-state index contributed by atoms with van der Waals surface area (Å²) in [7, 11) is 0. The molecule has 1 aromatic carbocycles. The zero-order valence-corrected chi connectivity index (χ0v) is 19.7. The molecule has 1 aliphatic heterocycles. The van der Waals surface area contributed by atoms with Gasteiger partial charge in [-0.3, -0.25) is 0 Å². The van der Waals surface area contributed by atoms with E-state index in [0.717, 1.165) is 17.2 Å². The van der Waals surface area contributed by atoms with Gasteiger partial charge in [-0.2, -0.15) is 0 Å². The standard InChI is InChI=1S/C23H27AsN4O3/c1-17(2)16-31-23(30)28-12-10-19(11-13-28)24(18-6-4-3-5-7-18)22(29)27-21-9-8-20(14-25)26-15-21/h3-9,15,17,19H,10-13,16H2,1-2H3,(H,27,29). The van der Waals surface area contributed by atoms with Gasteiger partial charge in [0.15, 0.2) is 0 Å². The van der Waals surface area contributed by atoms with Crippen LogP contribution in [-0.2, 0) is 4.74 Å². The van der Waals surface area contributed by atoms with Crippen LogP contribution in [0.1, 0.15) is 32.4 Å². The summed E-state index contributed by atoms with van der Waals surface area (Å²) in [6.07, 6.45) is 2.82. The van der Waals surface area contributed by atoms with Crippen LogP contribution in [0.5, 0.6) is 0 Å². The van der Waals surface area contributed by atoms with Gasteiger partial charge >= 0.3 is 188 Å². The predicted octanol–water partition coefficient (Wildman–Crippen LogP) is 3.73. The number of likely N-dealkylation sites (tertiary alicyclic amines) is 1. The molecular formula is C23H27AsN4O3. The number of benzene rings is 1. The second kappa shape index (κ2) is 11.0. The van der Waals surface area contributed by atoms with Crippen LogP contribution in [0, 0.1) is 17.2 Å². The molecule has 0 saturated carbocycles. The van der Waals surface area contributed by atoms with Crippen molar-refractivity contribution in [2.45, 2.75) is 31.4 Å². The number of carbonyl (C=O) groups excluding carboxylic acids is 2. The van der Waals surface area contributed by atoms with E-state index >= 15 is 0 Å². The van der Waals surface area contributed by atoms with Gasteiger partial charge in [0.1, 0.15) is 0 Å². The van der Waals surface area contributed by atoms with Gasteiger partial charge in [0, 0.05) is 0 Å². The molecule has 7 nitrogen and oxygen atoms in total.